The number of nitrogens with zero attached hydrogens (tertiary/aromatic N) is 2. The van der Waals surface area contributed by atoms with Crippen molar-refractivity contribution in [3.8, 4) is 0 Å². The molecular formula is C9H8BrN5O. The third-order valence-electron chi connectivity index (χ3n) is 1.77. The van der Waals surface area contributed by atoms with Gasteiger partial charge in [-0.3, -0.25) is 5.32 Å². The zero-order valence-corrected chi connectivity index (χ0v) is 9.65. The Labute approximate surface area is 99.6 Å². The number of carbonyl (C=O) groups excluding carboxylic acids is 1. The molecule has 0 bridgehead atoms. The molecule has 0 saturated heterocycles. The third kappa shape index (κ3) is 2.57. The summed E-state index contributed by atoms with van der Waals surface area (Å²) in [6.07, 6.45) is 1.31. The number of aromatic amines is 1. The van der Waals surface area contributed by atoms with Crippen LogP contribution in [0.15, 0.2) is 35.1 Å². The first-order valence-electron chi connectivity index (χ1n) is 4.43. The number of rotatable bonds is 2. The van der Waals surface area contributed by atoms with Crippen molar-refractivity contribution in [3.63, 3.8) is 0 Å². The molecule has 6 nitrogen and oxygen atoms in total. The number of carbonyl (C=O) groups is 1. The van der Waals surface area contributed by atoms with Crippen LogP contribution >= 0.6 is 15.9 Å². The van der Waals surface area contributed by atoms with E-state index >= 15 is 0 Å². The molecule has 2 amide bonds. The second kappa shape index (κ2) is 4.75. The molecule has 0 spiro atoms. The molecule has 1 aromatic heterocycles. The lowest BCUT2D eigenvalue weighted by atomic mass is 10.3. The standard InChI is InChI=1S/C9H8BrN5O/c10-6-3-1-2-4-7(6)13-9(16)14-8-11-5-12-15-8/h1-5H,(H3,11,12,13,14,15,16). The van der Waals surface area contributed by atoms with E-state index in [-0.39, 0.29) is 6.03 Å². The Morgan fingerprint density at radius 3 is 2.81 bits per heavy atom. The van der Waals surface area contributed by atoms with Crippen LogP contribution in [0.1, 0.15) is 0 Å². The van der Waals surface area contributed by atoms with E-state index in [0.717, 1.165) is 4.47 Å². The van der Waals surface area contributed by atoms with Crippen molar-refractivity contribution in [2.24, 2.45) is 0 Å². The van der Waals surface area contributed by atoms with E-state index in [9.17, 15) is 4.79 Å². The molecule has 1 heterocycles. The number of halogens is 1. The molecule has 1 aromatic carbocycles. The van der Waals surface area contributed by atoms with Crippen molar-refractivity contribution in [3.05, 3.63) is 35.1 Å². The second-order valence-corrected chi connectivity index (χ2v) is 3.75. The quantitative estimate of drug-likeness (QED) is 0.789. The number of para-hydroxylation sites is 1. The maximum atomic E-state index is 11.5. The van der Waals surface area contributed by atoms with Crippen molar-refractivity contribution >= 4 is 33.6 Å². The highest BCUT2D eigenvalue weighted by Gasteiger charge is 2.05. The molecule has 7 heteroatoms. The summed E-state index contributed by atoms with van der Waals surface area (Å²) in [5.41, 5.74) is 0.680. The van der Waals surface area contributed by atoms with Crippen molar-refractivity contribution in [2.75, 3.05) is 10.6 Å². The Morgan fingerprint density at radius 1 is 1.31 bits per heavy atom. The Morgan fingerprint density at radius 2 is 2.12 bits per heavy atom. The summed E-state index contributed by atoms with van der Waals surface area (Å²) in [7, 11) is 0. The van der Waals surface area contributed by atoms with Crippen LogP contribution in [0, 0.1) is 0 Å². The van der Waals surface area contributed by atoms with Crippen LogP contribution in [0.4, 0.5) is 16.4 Å². The molecule has 3 N–H and O–H groups in total. The number of benzene rings is 1. The molecule has 16 heavy (non-hydrogen) atoms. The van der Waals surface area contributed by atoms with Gasteiger partial charge in [0.25, 0.3) is 0 Å². The van der Waals surface area contributed by atoms with Gasteiger partial charge in [-0.15, -0.1) is 0 Å². The number of anilines is 2. The van der Waals surface area contributed by atoms with Crippen molar-refractivity contribution < 1.29 is 4.79 Å². The lowest BCUT2D eigenvalue weighted by Crippen LogP contribution is -2.20. The summed E-state index contributed by atoms with van der Waals surface area (Å²) in [5, 5.41) is 11.3. The summed E-state index contributed by atoms with van der Waals surface area (Å²) < 4.78 is 0.808. The van der Waals surface area contributed by atoms with E-state index in [2.05, 4.69) is 41.7 Å². The van der Waals surface area contributed by atoms with Crippen LogP contribution in [-0.2, 0) is 0 Å². The SMILES string of the molecule is O=C(Nc1ncn[nH]1)Nc1ccccc1Br. The molecule has 0 fully saturated rings. The highest BCUT2D eigenvalue weighted by molar-refractivity contribution is 9.10. The van der Waals surface area contributed by atoms with Gasteiger partial charge in [0.05, 0.1) is 5.69 Å². The topological polar surface area (TPSA) is 82.7 Å². The number of H-pyrrole nitrogens is 1. The van der Waals surface area contributed by atoms with Gasteiger partial charge < -0.3 is 5.32 Å². The lowest BCUT2D eigenvalue weighted by Gasteiger charge is -2.06. The predicted molar refractivity (Wildman–Crippen MR) is 63.2 cm³/mol. The van der Waals surface area contributed by atoms with Crippen molar-refractivity contribution in [1.29, 1.82) is 0 Å². The number of aromatic nitrogens is 3. The van der Waals surface area contributed by atoms with Crippen LogP contribution in [0.2, 0.25) is 0 Å². The fourth-order valence-corrected chi connectivity index (χ4v) is 1.47. The third-order valence-corrected chi connectivity index (χ3v) is 2.46. The Bertz CT molecular complexity index is 484. The van der Waals surface area contributed by atoms with Crippen molar-refractivity contribution in [1.82, 2.24) is 15.2 Å². The predicted octanol–water partition coefficient (Wildman–Crippen LogP) is 2.21. The highest BCUT2D eigenvalue weighted by Crippen LogP contribution is 2.21. The first kappa shape index (κ1) is 10.6. The average Bonchev–Trinajstić information content (AvgIpc) is 2.74. The molecule has 0 radical (unpaired) electrons. The van der Waals surface area contributed by atoms with E-state index in [1.54, 1.807) is 6.07 Å². The minimum atomic E-state index is -0.386. The van der Waals surface area contributed by atoms with Crippen LogP contribution in [-0.4, -0.2) is 21.2 Å². The fraction of sp³-hybridized carbons (Fsp3) is 0. The smallest absolute Gasteiger partial charge is 0.307 e. The van der Waals surface area contributed by atoms with Gasteiger partial charge in [0.1, 0.15) is 6.33 Å². The second-order valence-electron chi connectivity index (χ2n) is 2.89. The highest BCUT2D eigenvalue weighted by atomic mass is 79.9. The number of amides is 2. The maximum absolute atomic E-state index is 11.5. The number of hydrogen-bond donors (Lipinski definition) is 3. The number of urea groups is 1. The molecule has 0 atom stereocenters. The van der Waals surface area contributed by atoms with Gasteiger partial charge in [-0.2, -0.15) is 10.1 Å². The van der Waals surface area contributed by atoms with Gasteiger partial charge >= 0.3 is 6.03 Å². The van der Waals surface area contributed by atoms with E-state index in [1.807, 2.05) is 18.2 Å². The van der Waals surface area contributed by atoms with E-state index in [4.69, 9.17) is 0 Å². The van der Waals surface area contributed by atoms with Gasteiger partial charge in [0, 0.05) is 4.47 Å². The minimum absolute atomic E-state index is 0.296. The summed E-state index contributed by atoms with van der Waals surface area (Å²) >= 11 is 3.32. The van der Waals surface area contributed by atoms with Gasteiger partial charge in [0.15, 0.2) is 0 Å². The zero-order chi connectivity index (χ0) is 11.4. The van der Waals surface area contributed by atoms with Crippen LogP contribution < -0.4 is 10.6 Å². The van der Waals surface area contributed by atoms with Crippen molar-refractivity contribution in [2.45, 2.75) is 0 Å². The average molecular weight is 282 g/mol. The molecular weight excluding hydrogens is 274 g/mol. The van der Waals surface area contributed by atoms with E-state index < -0.39 is 0 Å². The van der Waals surface area contributed by atoms with Crippen LogP contribution in [0.25, 0.3) is 0 Å². The Kier molecular flexibility index (Phi) is 3.16. The van der Waals surface area contributed by atoms with Gasteiger partial charge in [0.2, 0.25) is 5.95 Å². The molecule has 0 aliphatic rings. The van der Waals surface area contributed by atoms with Crippen LogP contribution in [0.5, 0.6) is 0 Å². The lowest BCUT2D eigenvalue weighted by molar-refractivity contribution is 0.262. The Hall–Kier alpha value is -1.89. The molecule has 82 valence electrons. The largest absolute Gasteiger partial charge is 0.326 e. The van der Waals surface area contributed by atoms with Gasteiger partial charge in [-0.1, -0.05) is 12.1 Å². The first-order chi connectivity index (χ1) is 7.75. The van der Waals surface area contributed by atoms with Gasteiger partial charge in [-0.25, -0.2) is 9.89 Å². The summed E-state index contributed by atoms with van der Waals surface area (Å²) in [5.74, 6) is 0.296. The normalized spacial score (nSPS) is 9.81. The molecule has 0 aliphatic heterocycles. The number of hydrogen-bond acceptors (Lipinski definition) is 3. The molecule has 2 rings (SSSR count). The molecule has 0 saturated carbocycles. The molecule has 0 aliphatic carbocycles. The fourth-order valence-electron chi connectivity index (χ4n) is 1.09. The molecule has 0 unspecified atom stereocenters. The van der Waals surface area contributed by atoms with E-state index in [0.29, 0.717) is 11.6 Å². The first-order valence-corrected chi connectivity index (χ1v) is 5.23. The number of nitrogens with one attached hydrogen (secondary N) is 3. The van der Waals surface area contributed by atoms with E-state index in [1.165, 1.54) is 6.33 Å². The summed E-state index contributed by atoms with van der Waals surface area (Å²) in [6, 6.07) is 6.93. The monoisotopic (exact) mass is 281 g/mol. The minimum Gasteiger partial charge on any atom is -0.307 e. The summed E-state index contributed by atoms with van der Waals surface area (Å²) in [4.78, 5) is 15.3. The van der Waals surface area contributed by atoms with Gasteiger partial charge in [-0.05, 0) is 28.1 Å². The zero-order valence-electron chi connectivity index (χ0n) is 8.07. The molecule has 2 aromatic rings. The Balaban J connectivity index is 2.00. The summed E-state index contributed by atoms with van der Waals surface area (Å²) in [6.45, 7) is 0. The maximum Gasteiger partial charge on any atom is 0.326 e. The van der Waals surface area contributed by atoms with Crippen LogP contribution in [0.3, 0.4) is 0 Å².